The molecule has 0 saturated heterocycles. The van der Waals surface area contributed by atoms with E-state index < -0.39 is 11.9 Å². The molecule has 1 aliphatic heterocycles. The average Bonchev–Trinajstić information content (AvgIpc) is 1.90. The molecule has 4 heteroatoms. The Morgan fingerprint density at radius 3 is 3.00 bits per heavy atom. The summed E-state index contributed by atoms with van der Waals surface area (Å²) in [6, 6.07) is 0. The predicted molar refractivity (Wildman–Crippen MR) is 29.4 cm³/mol. The fraction of sp³-hybridized carbons (Fsp3) is 0.400. The lowest BCUT2D eigenvalue weighted by Crippen LogP contribution is -2.29. The molecule has 1 atom stereocenters. The van der Waals surface area contributed by atoms with Gasteiger partial charge in [0.15, 0.2) is 0 Å². The molecule has 0 spiro atoms. The van der Waals surface area contributed by atoms with E-state index in [9.17, 15) is 4.79 Å². The number of hydroxylamine groups is 1. The van der Waals surface area contributed by atoms with Crippen molar-refractivity contribution in [3.63, 3.8) is 0 Å². The van der Waals surface area contributed by atoms with Crippen molar-refractivity contribution in [3.8, 4) is 0 Å². The molecule has 2 N–H and O–H groups in total. The second-order valence-corrected chi connectivity index (χ2v) is 1.74. The maximum absolute atomic E-state index is 10.2. The van der Waals surface area contributed by atoms with E-state index in [4.69, 9.17) is 5.11 Å². The lowest BCUT2D eigenvalue weighted by Gasteiger charge is -2.12. The van der Waals surface area contributed by atoms with Gasteiger partial charge in [-0.3, -0.25) is 4.79 Å². The summed E-state index contributed by atoms with van der Waals surface area (Å²) in [5.74, 6) is -1.28. The van der Waals surface area contributed by atoms with Crippen molar-refractivity contribution in [2.24, 2.45) is 5.92 Å². The number of carbonyl (C=O) groups is 1. The van der Waals surface area contributed by atoms with Gasteiger partial charge in [-0.15, -0.1) is 0 Å². The Labute approximate surface area is 52.1 Å². The van der Waals surface area contributed by atoms with Gasteiger partial charge in [0.05, 0.1) is 5.92 Å². The molecule has 0 fully saturated rings. The standard InChI is InChI=1S/C5H7NO3/c7-5(8)4-1-2-9-6-3-4/h1-2,4,6H,3H2,(H,7,8). The highest BCUT2D eigenvalue weighted by Crippen LogP contribution is 2.00. The molecule has 4 nitrogen and oxygen atoms in total. The highest BCUT2D eigenvalue weighted by atomic mass is 16.6. The fourth-order valence-corrected chi connectivity index (χ4v) is 0.558. The van der Waals surface area contributed by atoms with Crippen molar-refractivity contribution >= 4 is 5.97 Å². The third kappa shape index (κ3) is 1.43. The first-order valence-corrected chi connectivity index (χ1v) is 2.58. The summed E-state index contributed by atoms with van der Waals surface area (Å²) in [7, 11) is 0. The Hall–Kier alpha value is -1.03. The second-order valence-electron chi connectivity index (χ2n) is 1.74. The van der Waals surface area contributed by atoms with E-state index in [2.05, 4.69) is 10.3 Å². The van der Waals surface area contributed by atoms with Crippen LogP contribution in [0.4, 0.5) is 0 Å². The molecule has 0 aromatic carbocycles. The molecule has 0 saturated carbocycles. The van der Waals surface area contributed by atoms with Crippen LogP contribution in [0, 0.1) is 5.92 Å². The lowest BCUT2D eigenvalue weighted by atomic mass is 10.1. The Morgan fingerprint density at radius 1 is 1.89 bits per heavy atom. The van der Waals surface area contributed by atoms with E-state index in [1.165, 1.54) is 12.3 Å². The van der Waals surface area contributed by atoms with Crippen LogP contribution < -0.4 is 5.48 Å². The Balaban J connectivity index is 2.50. The van der Waals surface area contributed by atoms with E-state index in [0.29, 0.717) is 6.54 Å². The van der Waals surface area contributed by atoms with E-state index in [1.54, 1.807) is 0 Å². The first-order chi connectivity index (χ1) is 4.30. The molecule has 1 heterocycles. The van der Waals surface area contributed by atoms with Crippen LogP contribution in [0.2, 0.25) is 0 Å². The van der Waals surface area contributed by atoms with Gasteiger partial charge in [0.1, 0.15) is 6.26 Å². The van der Waals surface area contributed by atoms with Gasteiger partial charge in [0, 0.05) is 6.54 Å². The molecule has 50 valence electrons. The van der Waals surface area contributed by atoms with Crippen molar-refractivity contribution in [2.45, 2.75) is 0 Å². The summed E-state index contributed by atoms with van der Waals surface area (Å²) in [5, 5.41) is 8.39. The van der Waals surface area contributed by atoms with Crippen LogP contribution in [0.3, 0.4) is 0 Å². The molecular weight excluding hydrogens is 122 g/mol. The van der Waals surface area contributed by atoms with Gasteiger partial charge < -0.3 is 9.94 Å². The molecular formula is C5H7NO3. The zero-order valence-electron chi connectivity index (χ0n) is 4.70. The molecule has 9 heavy (non-hydrogen) atoms. The predicted octanol–water partition coefficient (Wildman–Crippen LogP) is -0.264. The van der Waals surface area contributed by atoms with Gasteiger partial charge in [-0.25, -0.2) is 0 Å². The lowest BCUT2D eigenvalue weighted by molar-refractivity contribution is -0.141. The molecule has 0 radical (unpaired) electrons. The number of carboxylic acid groups (broad SMARTS) is 1. The highest BCUT2D eigenvalue weighted by molar-refractivity contribution is 5.72. The van der Waals surface area contributed by atoms with Gasteiger partial charge >= 0.3 is 5.97 Å². The van der Waals surface area contributed by atoms with E-state index in [1.807, 2.05) is 0 Å². The third-order valence-electron chi connectivity index (χ3n) is 1.08. The van der Waals surface area contributed by atoms with Crippen molar-refractivity contribution in [3.05, 3.63) is 12.3 Å². The topological polar surface area (TPSA) is 58.6 Å². The molecule has 1 rings (SSSR count). The average molecular weight is 129 g/mol. The largest absolute Gasteiger partial charge is 0.481 e. The monoisotopic (exact) mass is 129 g/mol. The van der Waals surface area contributed by atoms with Crippen LogP contribution in [-0.2, 0) is 9.63 Å². The Kier molecular flexibility index (Phi) is 1.69. The number of rotatable bonds is 1. The third-order valence-corrected chi connectivity index (χ3v) is 1.08. The van der Waals surface area contributed by atoms with Gasteiger partial charge in [-0.1, -0.05) is 0 Å². The smallest absolute Gasteiger partial charge is 0.311 e. The van der Waals surface area contributed by atoms with Crippen LogP contribution in [0.25, 0.3) is 0 Å². The second kappa shape index (κ2) is 2.50. The van der Waals surface area contributed by atoms with E-state index >= 15 is 0 Å². The SMILES string of the molecule is O=C(O)C1C=CONC1. The van der Waals surface area contributed by atoms with Crippen molar-refractivity contribution in [1.29, 1.82) is 0 Å². The van der Waals surface area contributed by atoms with Crippen LogP contribution >= 0.6 is 0 Å². The normalized spacial score (nSPS) is 25.1. The number of hydrogen-bond donors (Lipinski definition) is 2. The Morgan fingerprint density at radius 2 is 2.67 bits per heavy atom. The summed E-state index contributed by atoms with van der Waals surface area (Å²) >= 11 is 0. The van der Waals surface area contributed by atoms with Crippen LogP contribution in [0.15, 0.2) is 12.3 Å². The number of carboxylic acids is 1. The zero-order chi connectivity index (χ0) is 6.69. The molecule has 0 aromatic heterocycles. The maximum Gasteiger partial charge on any atom is 0.311 e. The minimum atomic E-state index is -0.831. The van der Waals surface area contributed by atoms with Crippen molar-refractivity contribution in [2.75, 3.05) is 6.54 Å². The molecule has 1 unspecified atom stereocenters. The van der Waals surface area contributed by atoms with Crippen LogP contribution in [0.5, 0.6) is 0 Å². The summed E-state index contributed by atoms with van der Waals surface area (Å²) < 4.78 is 0. The molecule has 1 aliphatic rings. The number of hydrogen-bond acceptors (Lipinski definition) is 3. The molecule has 0 aliphatic carbocycles. The van der Waals surface area contributed by atoms with Gasteiger partial charge in [0.25, 0.3) is 0 Å². The summed E-state index contributed by atoms with van der Waals surface area (Å²) in [5.41, 5.74) is 2.45. The minimum Gasteiger partial charge on any atom is -0.481 e. The quantitative estimate of drug-likeness (QED) is 0.512. The fourth-order valence-electron chi connectivity index (χ4n) is 0.558. The first kappa shape index (κ1) is 6.10. The van der Waals surface area contributed by atoms with Crippen LogP contribution in [0.1, 0.15) is 0 Å². The highest BCUT2D eigenvalue weighted by Gasteiger charge is 2.15. The van der Waals surface area contributed by atoms with E-state index in [0.717, 1.165) is 0 Å². The van der Waals surface area contributed by atoms with Gasteiger partial charge in [-0.05, 0) is 6.08 Å². The van der Waals surface area contributed by atoms with E-state index in [-0.39, 0.29) is 0 Å². The first-order valence-electron chi connectivity index (χ1n) is 2.58. The maximum atomic E-state index is 10.2. The van der Waals surface area contributed by atoms with Gasteiger partial charge in [0.2, 0.25) is 0 Å². The van der Waals surface area contributed by atoms with Crippen molar-refractivity contribution < 1.29 is 14.7 Å². The summed E-state index contributed by atoms with van der Waals surface area (Å²) in [6.07, 6.45) is 2.83. The molecule has 0 amide bonds. The van der Waals surface area contributed by atoms with Gasteiger partial charge in [-0.2, -0.15) is 5.48 Å². The zero-order valence-corrected chi connectivity index (χ0v) is 4.70. The number of aliphatic carboxylic acids is 1. The summed E-state index contributed by atoms with van der Waals surface area (Å²) in [4.78, 5) is 14.8. The van der Waals surface area contributed by atoms with Crippen molar-refractivity contribution in [1.82, 2.24) is 5.48 Å². The minimum absolute atomic E-state index is 0.339. The molecule has 0 aromatic rings. The summed E-state index contributed by atoms with van der Waals surface area (Å²) in [6.45, 7) is 0.339. The molecule has 0 bridgehead atoms. The number of nitrogens with one attached hydrogen (secondary N) is 1. The Bertz CT molecular complexity index is 143. The van der Waals surface area contributed by atoms with Crippen LogP contribution in [-0.4, -0.2) is 17.6 Å².